The summed E-state index contributed by atoms with van der Waals surface area (Å²) in [6.45, 7) is 7.30. The predicted molar refractivity (Wildman–Crippen MR) is 76.7 cm³/mol. The first-order valence-electron chi connectivity index (χ1n) is 6.40. The van der Waals surface area contributed by atoms with Crippen molar-refractivity contribution in [3.8, 4) is 0 Å². The molecule has 0 bridgehead atoms. The maximum Gasteiger partial charge on any atom is 0.313 e. The number of benzene rings is 1. The van der Waals surface area contributed by atoms with E-state index < -0.39 is 21.5 Å². The van der Waals surface area contributed by atoms with Crippen molar-refractivity contribution in [2.24, 2.45) is 5.14 Å². The quantitative estimate of drug-likeness (QED) is 0.863. The van der Waals surface area contributed by atoms with Crippen LogP contribution in [0.2, 0.25) is 0 Å². The van der Waals surface area contributed by atoms with Crippen molar-refractivity contribution >= 4 is 16.0 Å². The molecule has 1 unspecified atom stereocenters. The van der Waals surface area contributed by atoms with Crippen LogP contribution in [0.25, 0.3) is 0 Å². The highest BCUT2D eigenvalue weighted by molar-refractivity contribution is 7.89. The van der Waals surface area contributed by atoms with Crippen molar-refractivity contribution in [3.63, 3.8) is 0 Å². The van der Waals surface area contributed by atoms with Gasteiger partial charge in [-0.3, -0.25) is 4.79 Å². The Kier molecular flexibility index (Phi) is 4.94. The molecule has 6 heteroatoms. The van der Waals surface area contributed by atoms with E-state index in [1.807, 2.05) is 27.7 Å². The molecule has 0 aromatic heterocycles. The first-order valence-corrected chi connectivity index (χ1v) is 7.95. The number of hydrogen-bond donors (Lipinski definition) is 1. The van der Waals surface area contributed by atoms with Gasteiger partial charge in [0.15, 0.2) is 0 Å². The third-order valence-electron chi connectivity index (χ3n) is 2.71. The van der Waals surface area contributed by atoms with E-state index in [2.05, 4.69) is 0 Å². The number of sulfonamides is 1. The number of carbonyl (C=O) groups is 1. The van der Waals surface area contributed by atoms with Crippen LogP contribution in [-0.4, -0.2) is 20.0 Å². The zero-order chi connectivity index (χ0) is 15.6. The smallest absolute Gasteiger partial charge is 0.313 e. The van der Waals surface area contributed by atoms with E-state index in [-0.39, 0.29) is 10.9 Å². The highest BCUT2D eigenvalue weighted by Crippen LogP contribution is 2.24. The van der Waals surface area contributed by atoms with E-state index in [1.54, 1.807) is 12.1 Å². The summed E-state index contributed by atoms with van der Waals surface area (Å²) in [6.07, 6.45) is 0.573. The van der Waals surface area contributed by atoms with Gasteiger partial charge in [-0.25, -0.2) is 13.6 Å². The highest BCUT2D eigenvalue weighted by atomic mass is 32.2. The SMILES string of the molecule is CCC(C(=O)OC(C)(C)C)c1ccc(S(N)(=O)=O)cc1. The third-order valence-corrected chi connectivity index (χ3v) is 3.64. The van der Waals surface area contributed by atoms with Crippen molar-refractivity contribution in [2.75, 3.05) is 0 Å². The molecular weight excluding hydrogens is 278 g/mol. The van der Waals surface area contributed by atoms with Crippen LogP contribution in [-0.2, 0) is 19.6 Å². The normalized spacial score (nSPS) is 13.8. The minimum Gasteiger partial charge on any atom is -0.459 e. The predicted octanol–water partition coefficient (Wildman–Crippen LogP) is 2.17. The van der Waals surface area contributed by atoms with Gasteiger partial charge in [0.05, 0.1) is 10.8 Å². The second kappa shape index (κ2) is 5.93. The summed E-state index contributed by atoms with van der Waals surface area (Å²) < 4.78 is 27.7. The van der Waals surface area contributed by atoms with E-state index in [4.69, 9.17) is 9.88 Å². The van der Waals surface area contributed by atoms with E-state index in [9.17, 15) is 13.2 Å². The van der Waals surface area contributed by atoms with Gasteiger partial charge in [0.2, 0.25) is 10.0 Å². The Labute approximate surface area is 120 Å². The third kappa shape index (κ3) is 4.61. The van der Waals surface area contributed by atoms with Gasteiger partial charge in [-0.2, -0.15) is 0 Å². The van der Waals surface area contributed by atoms with E-state index in [0.717, 1.165) is 0 Å². The summed E-state index contributed by atoms with van der Waals surface area (Å²) >= 11 is 0. The fraction of sp³-hybridized carbons (Fsp3) is 0.500. The molecule has 0 aliphatic carbocycles. The van der Waals surface area contributed by atoms with E-state index >= 15 is 0 Å². The Morgan fingerprint density at radius 3 is 2.10 bits per heavy atom. The average Bonchev–Trinajstić information content (AvgIpc) is 2.27. The van der Waals surface area contributed by atoms with Crippen LogP contribution >= 0.6 is 0 Å². The summed E-state index contributed by atoms with van der Waals surface area (Å²) in [4.78, 5) is 12.1. The van der Waals surface area contributed by atoms with E-state index in [1.165, 1.54) is 12.1 Å². The largest absolute Gasteiger partial charge is 0.459 e. The minimum absolute atomic E-state index is 0.0280. The highest BCUT2D eigenvalue weighted by Gasteiger charge is 2.25. The molecule has 0 amide bonds. The Morgan fingerprint density at radius 2 is 1.75 bits per heavy atom. The Bertz CT molecular complexity index is 570. The summed E-state index contributed by atoms with van der Waals surface area (Å²) in [7, 11) is -3.72. The molecule has 0 radical (unpaired) electrons. The molecule has 0 heterocycles. The average molecular weight is 299 g/mol. The minimum atomic E-state index is -3.72. The van der Waals surface area contributed by atoms with Crippen LogP contribution in [0.1, 0.15) is 45.6 Å². The molecule has 0 saturated heterocycles. The molecule has 0 aliphatic rings. The number of primary sulfonamides is 1. The Morgan fingerprint density at radius 1 is 1.25 bits per heavy atom. The molecule has 112 valence electrons. The first kappa shape index (κ1) is 16.7. The zero-order valence-corrected chi connectivity index (χ0v) is 13.0. The van der Waals surface area contributed by atoms with Gasteiger partial charge in [-0.1, -0.05) is 19.1 Å². The number of esters is 1. The van der Waals surface area contributed by atoms with Crippen LogP contribution in [0.4, 0.5) is 0 Å². The molecule has 0 aliphatic heterocycles. The van der Waals surface area contributed by atoms with Crippen molar-refractivity contribution in [2.45, 2.75) is 50.5 Å². The van der Waals surface area contributed by atoms with Gasteiger partial charge in [0.25, 0.3) is 0 Å². The molecule has 2 N–H and O–H groups in total. The number of carbonyl (C=O) groups excluding carboxylic acids is 1. The maximum absolute atomic E-state index is 12.1. The number of hydrogen-bond acceptors (Lipinski definition) is 4. The standard InChI is InChI=1S/C14H21NO4S/c1-5-12(13(16)19-14(2,3)4)10-6-8-11(9-7-10)20(15,17)18/h6-9,12H,5H2,1-4H3,(H2,15,17,18). The van der Waals surface area contributed by atoms with Crippen LogP contribution < -0.4 is 5.14 Å². The summed E-state index contributed by atoms with van der Waals surface area (Å²) in [5.41, 5.74) is 0.166. The Balaban J connectivity index is 2.99. The molecule has 0 saturated carbocycles. The van der Waals surface area contributed by atoms with Gasteiger partial charge < -0.3 is 4.74 Å². The number of rotatable bonds is 4. The van der Waals surface area contributed by atoms with E-state index in [0.29, 0.717) is 12.0 Å². The number of nitrogens with two attached hydrogens (primary N) is 1. The molecule has 0 fully saturated rings. The molecular formula is C14H21NO4S. The van der Waals surface area contributed by atoms with Crippen LogP contribution in [0.5, 0.6) is 0 Å². The van der Waals surface area contributed by atoms with Crippen LogP contribution in [0, 0.1) is 0 Å². The zero-order valence-electron chi connectivity index (χ0n) is 12.2. The lowest BCUT2D eigenvalue weighted by Gasteiger charge is -2.23. The lowest BCUT2D eigenvalue weighted by Crippen LogP contribution is -2.27. The molecule has 1 rings (SSSR count). The first-order chi connectivity index (χ1) is 9.04. The lowest BCUT2D eigenvalue weighted by atomic mass is 9.96. The van der Waals surface area contributed by atoms with Crippen molar-refractivity contribution in [3.05, 3.63) is 29.8 Å². The second-order valence-electron chi connectivity index (χ2n) is 5.61. The summed E-state index contributed by atoms with van der Waals surface area (Å²) in [5.74, 6) is -0.730. The van der Waals surface area contributed by atoms with Crippen molar-refractivity contribution < 1.29 is 17.9 Å². The molecule has 1 aromatic carbocycles. The van der Waals surface area contributed by atoms with Gasteiger partial charge in [-0.15, -0.1) is 0 Å². The van der Waals surface area contributed by atoms with Crippen molar-refractivity contribution in [1.29, 1.82) is 0 Å². The van der Waals surface area contributed by atoms with Gasteiger partial charge >= 0.3 is 5.97 Å². The summed E-state index contributed by atoms with van der Waals surface area (Å²) in [6, 6.07) is 5.99. The van der Waals surface area contributed by atoms with Crippen LogP contribution in [0.3, 0.4) is 0 Å². The summed E-state index contributed by atoms with van der Waals surface area (Å²) in [5, 5.41) is 5.04. The van der Waals surface area contributed by atoms with Gasteiger partial charge in [0.1, 0.15) is 5.60 Å². The Hall–Kier alpha value is -1.40. The molecule has 1 aromatic rings. The number of ether oxygens (including phenoxy) is 1. The van der Waals surface area contributed by atoms with Gasteiger partial charge in [0, 0.05) is 0 Å². The maximum atomic E-state index is 12.1. The van der Waals surface area contributed by atoms with Crippen molar-refractivity contribution in [1.82, 2.24) is 0 Å². The van der Waals surface area contributed by atoms with Gasteiger partial charge in [-0.05, 0) is 44.9 Å². The monoisotopic (exact) mass is 299 g/mol. The second-order valence-corrected chi connectivity index (χ2v) is 7.17. The molecule has 0 spiro atoms. The molecule has 20 heavy (non-hydrogen) atoms. The molecule has 1 atom stereocenters. The molecule has 5 nitrogen and oxygen atoms in total. The fourth-order valence-corrected chi connectivity index (χ4v) is 2.32. The van der Waals surface area contributed by atoms with Crippen LogP contribution in [0.15, 0.2) is 29.2 Å². The lowest BCUT2D eigenvalue weighted by molar-refractivity contribution is -0.156. The fourth-order valence-electron chi connectivity index (χ4n) is 1.80. The topological polar surface area (TPSA) is 86.5 Å².